The number of para-hydroxylation sites is 1. The lowest BCUT2D eigenvalue weighted by atomic mass is 10.2. The largest absolute Gasteiger partial charge is 0.493 e. The van der Waals surface area contributed by atoms with Gasteiger partial charge in [-0.2, -0.15) is 0 Å². The van der Waals surface area contributed by atoms with Gasteiger partial charge in [0.15, 0.2) is 18.1 Å². The van der Waals surface area contributed by atoms with Gasteiger partial charge in [0.25, 0.3) is 5.91 Å². The Kier molecular flexibility index (Phi) is 5.99. The second-order valence-electron chi connectivity index (χ2n) is 4.16. The number of hydrogen-bond donors (Lipinski definition) is 1. The van der Waals surface area contributed by atoms with E-state index in [1.807, 2.05) is 13.8 Å². The van der Waals surface area contributed by atoms with Crippen LogP contribution in [0.4, 0.5) is 0 Å². The maximum absolute atomic E-state index is 11.6. The molecule has 0 aromatic heterocycles. The Morgan fingerprint density at radius 3 is 2.53 bits per heavy atom. The molecular weight excluding hydrogens is 246 g/mol. The van der Waals surface area contributed by atoms with Crippen molar-refractivity contribution in [3.05, 3.63) is 18.2 Å². The zero-order valence-electron chi connectivity index (χ0n) is 11.9. The minimum Gasteiger partial charge on any atom is -0.493 e. The van der Waals surface area contributed by atoms with Gasteiger partial charge in [-0.1, -0.05) is 13.0 Å². The summed E-state index contributed by atoms with van der Waals surface area (Å²) in [5, 5.41) is 2.83. The number of carbonyl (C=O) groups is 1. The molecule has 5 heteroatoms. The van der Waals surface area contributed by atoms with E-state index in [2.05, 4.69) is 5.32 Å². The van der Waals surface area contributed by atoms with Crippen LogP contribution in [0, 0.1) is 0 Å². The zero-order chi connectivity index (χ0) is 14.3. The van der Waals surface area contributed by atoms with Crippen LogP contribution < -0.4 is 19.5 Å². The van der Waals surface area contributed by atoms with E-state index in [1.54, 1.807) is 25.3 Å². The number of hydrogen-bond acceptors (Lipinski definition) is 4. The van der Waals surface area contributed by atoms with Crippen LogP contribution in [-0.4, -0.2) is 32.8 Å². The fourth-order valence-corrected chi connectivity index (χ4v) is 1.53. The summed E-state index contributed by atoms with van der Waals surface area (Å²) in [6.07, 6.45) is 0.883. The van der Waals surface area contributed by atoms with Crippen LogP contribution in [0.5, 0.6) is 17.2 Å². The number of amides is 1. The molecule has 106 valence electrons. The molecule has 1 unspecified atom stereocenters. The number of rotatable bonds is 7. The number of carbonyl (C=O) groups excluding carboxylic acids is 1. The first kappa shape index (κ1) is 15.1. The van der Waals surface area contributed by atoms with Crippen LogP contribution in [0.15, 0.2) is 18.2 Å². The van der Waals surface area contributed by atoms with Crippen LogP contribution in [-0.2, 0) is 4.79 Å². The van der Waals surface area contributed by atoms with E-state index >= 15 is 0 Å². The smallest absolute Gasteiger partial charge is 0.258 e. The molecule has 0 bridgehead atoms. The van der Waals surface area contributed by atoms with E-state index in [4.69, 9.17) is 14.2 Å². The van der Waals surface area contributed by atoms with Crippen LogP contribution in [0.2, 0.25) is 0 Å². The summed E-state index contributed by atoms with van der Waals surface area (Å²) < 4.78 is 15.8. The zero-order valence-corrected chi connectivity index (χ0v) is 11.9. The fourth-order valence-electron chi connectivity index (χ4n) is 1.53. The first-order valence-electron chi connectivity index (χ1n) is 6.25. The van der Waals surface area contributed by atoms with Crippen molar-refractivity contribution in [1.29, 1.82) is 0 Å². The Labute approximate surface area is 113 Å². The molecule has 0 radical (unpaired) electrons. The van der Waals surface area contributed by atoms with Crippen molar-refractivity contribution >= 4 is 5.91 Å². The lowest BCUT2D eigenvalue weighted by Crippen LogP contribution is -2.35. The molecule has 1 aromatic carbocycles. The third-order valence-electron chi connectivity index (χ3n) is 2.75. The van der Waals surface area contributed by atoms with E-state index in [0.29, 0.717) is 17.2 Å². The minimum absolute atomic E-state index is 0.0478. The summed E-state index contributed by atoms with van der Waals surface area (Å²) >= 11 is 0. The van der Waals surface area contributed by atoms with Crippen LogP contribution in [0.25, 0.3) is 0 Å². The predicted octanol–water partition coefficient (Wildman–Crippen LogP) is 2.00. The van der Waals surface area contributed by atoms with Gasteiger partial charge in [0.2, 0.25) is 5.75 Å². The molecule has 0 heterocycles. The molecule has 1 amide bonds. The number of nitrogens with one attached hydrogen (secondary N) is 1. The van der Waals surface area contributed by atoms with Gasteiger partial charge in [-0.05, 0) is 25.5 Å². The molecule has 0 aliphatic rings. The van der Waals surface area contributed by atoms with Gasteiger partial charge in [0.1, 0.15) is 0 Å². The maximum atomic E-state index is 11.6. The maximum Gasteiger partial charge on any atom is 0.258 e. The van der Waals surface area contributed by atoms with Crippen molar-refractivity contribution in [3.63, 3.8) is 0 Å². The molecule has 5 nitrogen and oxygen atoms in total. The molecule has 0 aliphatic carbocycles. The standard InChI is InChI=1S/C14H21NO4/c1-5-10(2)15-13(16)9-19-12-8-6-7-11(17-3)14(12)18-4/h6-8,10H,5,9H2,1-4H3,(H,15,16). The van der Waals surface area contributed by atoms with Gasteiger partial charge in [-0.15, -0.1) is 0 Å². The third kappa shape index (κ3) is 4.35. The summed E-state index contributed by atoms with van der Waals surface area (Å²) in [5.74, 6) is 1.39. The highest BCUT2D eigenvalue weighted by Crippen LogP contribution is 2.36. The summed E-state index contributed by atoms with van der Waals surface area (Å²) in [6.45, 7) is 3.91. The molecule has 1 N–H and O–H groups in total. The third-order valence-corrected chi connectivity index (χ3v) is 2.75. The number of methoxy groups -OCH3 is 2. The van der Waals surface area contributed by atoms with Gasteiger partial charge < -0.3 is 19.5 Å². The number of ether oxygens (including phenoxy) is 3. The Hall–Kier alpha value is -1.91. The van der Waals surface area contributed by atoms with Crippen molar-refractivity contribution in [2.24, 2.45) is 0 Å². The second-order valence-corrected chi connectivity index (χ2v) is 4.16. The molecule has 0 fully saturated rings. The average Bonchev–Trinajstić information content (AvgIpc) is 2.44. The quantitative estimate of drug-likeness (QED) is 0.821. The molecular formula is C14H21NO4. The first-order valence-corrected chi connectivity index (χ1v) is 6.25. The number of benzene rings is 1. The lowest BCUT2D eigenvalue weighted by molar-refractivity contribution is -0.123. The van der Waals surface area contributed by atoms with Crippen molar-refractivity contribution in [3.8, 4) is 17.2 Å². The fraction of sp³-hybridized carbons (Fsp3) is 0.500. The van der Waals surface area contributed by atoms with Crippen molar-refractivity contribution in [2.75, 3.05) is 20.8 Å². The SMILES string of the molecule is CCC(C)NC(=O)COc1cccc(OC)c1OC. The minimum atomic E-state index is -0.153. The van der Waals surface area contributed by atoms with Crippen LogP contribution in [0.1, 0.15) is 20.3 Å². The highest BCUT2D eigenvalue weighted by Gasteiger charge is 2.12. The van der Waals surface area contributed by atoms with Crippen molar-refractivity contribution < 1.29 is 19.0 Å². The van der Waals surface area contributed by atoms with Gasteiger partial charge >= 0.3 is 0 Å². The summed E-state index contributed by atoms with van der Waals surface area (Å²) in [5.41, 5.74) is 0. The summed E-state index contributed by atoms with van der Waals surface area (Å²) in [6, 6.07) is 5.43. The highest BCUT2D eigenvalue weighted by molar-refractivity contribution is 5.77. The Morgan fingerprint density at radius 2 is 1.95 bits per heavy atom. The van der Waals surface area contributed by atoms with Crippen molar-refractivity contribution in [2.45, 2.75) is 26.3 Å². The molecule has 0 saturated heterocycles. The second kappa shape index (κ2) is 7.51. The van der Waals surface area contributed by atoms with E-state index in [0.717, 1.165) is 6.42 Å². The molecule has 0 spiro atoms. The molecule has 1 atom stereocenters. The summed E-state index contributed by atoms with van der Waals surface area (Å²) in [4.78, 5) is 11.6. The molecule has 1 rings (SSSR count). The van der Waals surface area contributed by atoms with E-state index in [1.165, 1.54) is 7.11 Å². The van der Waals surface area contributed by atoms with E-state index in [9.17, 15) is 4.79 Å². The van der Waals surface area contributed by atoms with Crippen LogP contribution >= 0.6 is 0 Å². The Morgan fingerprint density at radius 1 is 1.26 bits per heavy atom. The molecule has 1 aromatic rings. The molecule has 19 heavy (non-hydrogen) atoms. The predicted molar refractivity (Wildman–Crippen MR) is 72.9 cm³/mol. The van der Waals surface area contributed by atoms with Gasteiger partial charge in [-0.25, -0.2) is 0 Å². The normalized spacial score (nSPS) is 11.6. The first-order chi connectivity index (χ1) is 9.12. The topological polar surface area (TPSA) is 56.8 Å². The van der Waals surface area contributed by atoms with Gasteiger partial charge in [-0.3, -0.25) is 4.79 Å². The van der Waals surface area contributed by atoms with Crippen molar-refractivity contribution in [1.82, 2.24) is 5.32 Å². The summed E-state index contributed by atoms with van der Waals surface area (Å²) in [7, 11) is 3.08. The average molecular weight is 267 g/mol. The Bertz CT molecular complexity index is 420. The molecule has 0 aliphatic heterocycles. The van der Waals surface area contributed by atoms with E-state index < -0.39 is 0 Å². The van der Waals surface area contributed by atoms with Crippen LogP contribution in [0.3, 0.4) is 0 Å². The van der Waals surface area contributed by atoms with E-state index in [-0.39, 0.29) is 18.6 Å². The lowest BCUT2D eigenvalue weighted by Gasteiger charge is -2.15. The molecule has 0 saturated carbocycles. The highest BCUT2D eigenvalue weighted by atomic mass is 16.5. The Balaban J connectivity index is 2.65. The monoisotopic (exact) mass is 267 g/mol. The van der Waals surface area contributed by atoms with Gasteiger partial charge in [0, 0.05) is 6.04 Å². The van der Waals surface area contributed by atoms with Gasteiger partial charge in [0.05, 0.1) is 14.2 Å².